The first kappa shape index (κ1) is 21.0. The number of benzene rings is 2. The molecule has 0 radical (unpaired) electrons. The Morgan fingerprint density at radius 1 is 1.00 bits per heavy atom. The molecule has 0 aliphatic heterocycles. The summed E-state index contributed by atoms with van der Waals surface area (Å²) in [4.78, 5) is 11.5. The van der Waals surface area contributed by atoms with Crippen LogP contribution in [-0.4, -0.2) is 24.7 Å². The Balaban J connectivity index is 2.04. The standard InChI is InChI=1S/C21H26O5S/c1-2-3-4-8-11-20(21(22)23)27(24,25)19-14-12-18(13-15-19)26-16-17-9-6-5-7-10-17/h5-7,9-10,12-15,20H,2-4,8,11,16H2,1H3,(H,22,23). The lowest BCUT2D eigenvalue weighted by atomic mass is 10.1. The summed E-state index contributed by atoms with van der Waals surface area (Å²) in [6.45, 7) is 2.43. The first-order valence-electron chi connectivity index (χ1n) is 9.18. The third kappa shape index (κ3) is 6.10. The summed E-state index contributed by atoms with van der Waals surface area (Å²) in [6.07, 6.45) is 3.53. The molecule has 6 heteroatoms. The van der Waals surface area contributed by atoms with Crippen LogP contribution in [0.15, 0.2) is 59.5 Å². The summed E-state index contributed by atoms with van der Waals surface area (Å²) >= 11 is 0. The maximum atomic E-state index is 12.7. The van der Waals surface area contributed by atoms with Crippen molar-refractivity contribution >= 4 is 15.8 Å². The van der Waals surface area contributed by atoms with Gasteiger partial charge in [-0.1, -0.05) is 62.9 Å². The van der Waals surface area contributed by atoms with Crippen LogP contribution in [0.4, 0.5) is 0 Å². The van der Waals surface area contributed by atoms with Crippen LogP contribution in [0.2, 0.25) is 0 Å². The van der Waals surface area contributed by atoms with Crippen LogP contribution in [0.3, 0.4) is 0 Å². The molecule has 0 aliphatic carbocycles. The molecule has 1 unspecified atom stereocenters. The van der Waals surface area contributed by atoms with Gasteiger partial charge in [0.15, 0.2) is 15.1 Å². The molecule has 0 spiro atoms. The van der Waals surface area contributed by atoms with Gasteiger partial charge < -0.3 is 9.84 Å². The minimum absolute atomic E-state index is 0.0115. The highest BCUT2D eigenvalue weighted by Crippen LogP contribution is 2.24. The van der Waals surface area contributed by atoms with Gasteiger partial charge in [0, 0.05) is 0 Å². The molecule has 146 valence electrons. The molecule has 27 heavy (non-hydrogen) atoms. The van der Waals surface area contributed by atoms with Crippen molar-refractivity contribution in [3.8, 4) is 5.75 Å². The van der Waals surface area contributed by atoms with E-state index in [0.29, 0.717) is 18.8 Å². The first-order chi connectivity index (χ1) is 12.9. The van der Waals surface area contributed by atoms with E-state index >= 15 is 0 Å². The normalized spacial score (nSPS) is 12.5. The van der Waals surface area contributed by atoms with Gasteiger partial charge in [0.2, 0.25) is 0 Å². The van der Waals surface area contributed by atoms with Crippen LogP contribution in [0.5, 0.6) is 5.75 Å². The van der Waals surface area contributed by atoms with Crippen molar-refractivity contribution in [2.45, 2.75) is 55.8 Å². The maximum absolute atomic E-state index is 12.7. The van der Waals surface area contributed by atoms with Gasteiger partial charge in [0.05, 0.1) is 4.90 Å². The summed E-state index contributed by atoms with van der Waals surface area (Å²) in [7, 11) is -3.93. The van der Waals surface area contributed by atoms with E-state index in [1.54, 1.807) is 12.1 Å². The van der Waals surface area contributed by atoms with Crippen LogP contribution in [0.25, 0.3) is 0 Å². The monoisotopic (exact) mass is 390 g/mol. The van der Waals surface area contributed by atoms with Crippen molar-refractivity contribution in [1.82, 2.24) is 0 Å². The quantitative estimate of drug-likeness (QED) is 0.573. The fraction of sp³-hybridized carbons (Fsp3) is 0.381. The van der Waals surface area contributed by atoms with Crippen molar-refractivity contribution in [2.75, 3.05) is 0 Å². The lowest BCUT2D eigenvalue weighted by Crippen LogP contribution is -2.30. The Morgan fingerprint density at radius 2 is 1.67 bits per heavy atom. The molecule has 0 saturated heterocycles. The number of rotatable bonds is 11. The van der Waals surface area contributed by atoms with E-state index in [0.717, 1.165) is 24.8 Å². The summed E-state index contributed by atoms with van der Waals surface area (Å²) in [5.41, 5.74) is 1.01. The predicted octanol–water partition coefficient (Wildman–Crippen LogP) is 4.46. The number of carboxylic acids is 1. The summed E-state index contributed by atoms with van der Waals surface area (Å²) in [5.74, 6) is -0.761. The Morgan fingerprint density at radius 3 is 2.26 bits per heavy atom. The van der Waals surface area contributed by atoms with Gasteiger partial charge in [-0.25, -0.2) is 8.42 Å². The van der Waals surface area contributed by atoms with Crippen LogP contribution in [-0.2, 0) is 21.2 Å². The molecule has 2 aromatic carbocycles. The number of sulfone groups is 1. The molecule has 0 saturated carbocycles. The van der Waals surface area contributed by atoms with Gasteiger partial charge >= 0.3 is 5.97 Å². The van der Waals surface area contributed by atoms with Crippen LogP contribution >= 0.6 is 0 Å². The molecule has 0 amide bonds. The third-order valence-corrected chi connectivity index (χ3v) is 6.49. The van der Waals surface area contributed by atoms with Gasteiger partial charge in [-0.2, -0.15) is 0 Å². The zero-order valence-electron chi connectivity index (χ0n) is 15.5. The van der Waals surface area contributed by atoms with Gasteiger partial charge in [-0.05, 0) is 36.2 Å². The number of carbonyl (C=O) groups is 1. The number of carboxylic acid groups (broad SMARTS) is 1. The zero-order chi connectivity index (χ0) is 19.7. The Labute approximate surface area is 160 Å². The minimum Gasteiger partial charge on any atom is -0.489 e. The van der Waals surface area contributed by atoms with Gasteiger partial charge in [0.25, 0.3) is 0 Å². The molecule has 1 N–H and O–H groups in total. The second-order valence-electron chi connectivity index (χ2n) is 6.47. The van der Waals surface area contributed by atoms with Crippen molar-refractivity contribution < 1.29 is 23.1 Å². The molecular formula is C21H26O5S. The van der Waals surface area contributed by atoms with Crippen molar-refractivity contribution in [3.63, 3.8) is 0 Å². The Bertz CT molecular complexity index is 813. The van der Waals surface area contributed by atoms with E-state index in [2.05, 4.69) is 0 Å². The topological polar surface area (TPSA) is 80.7 Å². The van der Waals surface area contributed by atoms with E-state index in [-0.39, 0.29) is 11.3 Å². The van der Waals surface area contributed by atoms with Crippen LogP contribution in [0.1, 0.15) is 44.6 Å². The highest BCUT2D eigenvalue weighted by molar-refractivity contribution is 7.92. The highest BCUT2D eigenvalue weighted by atomic mass is 32.2. The average Bonchev–Trinajstić information content (AvgIpc) is 2.67. The molecule has 0 fully saturated rings. The third-order valence-electron chi connectivity index (χ3n) is 4.37. The number of hydrogen-bond acceptors (Lipinski definition) is 4. The Hall–Kier alpha value is -2.34. The highest BCUT2D eigenvalue weighted by Gasteiger charge is 2.33. The SMILES string of the molecule is CCCCCCC(C(=O)O)S(=O)(=O)c1ccc(OCc2ccccc2)cc1. The number of ether oxygens (including phenoxy) is 1. The number of aliphatic carboxylic acids is 1. The maximum Gasteiger partial charge on any atom is 0.322 e. The van der Waals surface area contributed by atoms with Crippen molar-refractivity contribution in [2.24, 2.45) is 0 Å². The minimum atomic E-state index is -3.93. The van der Waals surface area contributed by atoms with Gasteiger partial charge in [-0.15, -0.1) is 0 Å². The van der Waals surface area contributed by atoms with Gasteiger partial charge in [0.1, 0.15) is 12.4 Å². The predicted molar refractivity (Wildman–Crippen MR) is 105 cm³/mol. The molecule has 2 aromatic rings. The zero-order valence-corrected chi connectivity index (χ0v) is 16.3. The second kappa shape index (κ2) is 10.1. The first-order valence-corrected chi connectivity index (χ1v) is 10.7. The molecular weight excluding hydrogens is 364 g/mol. The molecule has 1 atom stereocenters. The molecule has 0 heterocycles. The summed E-state index contributed by atoms with van der Waals surface area (Å²) in [5, 5.41) is 7.98. The molecule has 5 nitrogen and oxygen atoms in total. The largest absolute Gasteiger partial charge is 0.489 e. The van der Waals surface area contributed by atoms with E-state index in [1.807, 2.05) is 37.3 Å². The van der Waals surface area contributed by atoms with E-state index in [4.69, 9.17) is 4.74 Å². The van der Waals surface area contributed by atoms with E-state index in [1.165, 1.54) is 12.1 Å². The Kier molecular flexibility index (Phi) is 7.85. The van der Waals surface area contributed by atoms with E-state index < -0.39 is 21.1 Å². The number of unbranched alkanes of at least 4 members (excludes halogenated alkanes) is 3. The molecule has 2 rings (SSSR count). The fourth-order valence-electron chi connectivity index (χ4n) is 2.80. The van der Waals surface area contributed by atoms with Crippen LogP contribution < -0.4 is 4.74 Å². The average molecular weight is 391 g/mol. The second-order valence-corrected chi connectivity index (χ2v) is 8.60. The van der Waals surface area contributed by atoms with Gasteiger partial charge in [-0.3, -0.25) is 4.79 Å². The number of hydrogen-bond donors (Lipinski definition) is 1. The lowest BCUT2D eigenvalue weighted by Gasteiger charge is -2.14. The summed E-state index contributed by atoms with van der Waals surface area (Å²) in [6, 6.07) is 15.6. The summed E-state index contributed by atoms with van der Waals surface area (Å²) < 4.78 is 31.1. The smallest absolute Gasteiger partial charge is 0.322 e. The molecule has 0 bridgehead atoms. The fourth-order valence-corrected chi connectivity index (χ4v) is 4.38. The van der Waals surface area contributed by atoms with Crippen LogP contribution in [0, 0.1) is 0 Å². The van der Waals surface area contributed by atoms with Crippen molar-refractivity contribution in [3.05, 3.63) is 60.2 Å². The lowest BCUT2D eigenvalue weighted by molar-refractivity contribution is -0.136. The van der Waals surface area contributed by atoms with Crippen molar-refractivity contribution in [1.29, 1.82) is 0 Å². The van der Waals surface area contributed by atoms with E-state index in [9.17, 15) is 18.3 Å². The molecule has 0 aromatic heterocycles. The molecule has 0 aliphatic rings.